The summed E-state index contributed by atoms with van der Waals surface area (Å²) in [5.41, 5.74) is 3.60. The van der Waals surface area contributed by atoms with Crippen LogP contribution in [0.2, 0.25) is 0 Å². The number of nitrogens with one attached hydrogen (secondary N) is 2. The van der Waals surface area contributed by atoms with Gasteiger partial charge < -0.3 is 15.2 Å². The average molecular weight is 263 g/mol. The van der Waals surface area contributed by atoms with E-state index >= 15 is 0 Å². The molecule has 0 spiro atoms. The third-order valence-corrected chi connectivity index (χ3v) is 3.43. The molecule has 1 aliphatic carbocycles. The summed E-state index contributed by atoms with van der Waals surface area (Å²) in [5.74, 6) is 0. The Morgan fingerprint density at radius 2 is 2.00 bits per heavy atom. The van der Waals surface area contributed by atoms with E-state index in [9.17, 15) is 4.79 Å². The Labute approximate surface area is 115 Å². The maximum Gasteiger partial charge on any atom is 0.315 e. The molecule has 106 valence electrons. The topological polar surface area (TPSA) is 46.1 Å². The number of carbonyl (C=O) groups excluding carboxylic acids is 1. The van der Waals surface area contributed by atoms with Gasteiger partial charge in [0.15, 0.2) is 0 Å². The summed E-state index contributed by atoms with van der Waals surface area (Å²) in [6.07, 6.45) is 2.57. The summed E-state index contributed by atoms with van der Waals surface area (Å²) in [4.78, 5) is 11.8. The molecule has 4 heteroatoms. The number of aromatic nitrogens is 1. The fraction of sp³-hybridized carbons (Fsp3) is 0.667. The molecule has 1 saturated carbocycles. The van der Waals surface area contributed by atoms with E-state index in [1.165, 1.54) is 29.8 Å². The predicted molar refractivity (Wildman–Crippen MR) is 77.3 cm³/mol. The van der Waals surface area contributed by atoms with Gasteiger partial charge in [0.05, 0.1) is 0 Å². The van der Waals surface area contributed by atoms with Gasteiger partial charge in [-0.3, -0.25) is 0 Å². The Bertz CT molecular complexity index is 478. The molecule has 1 aromatic rings. The van der Waals surface area contributed by atoms with Gasteiger partial charge >= 0.3 is 6.03 Å². The Kier molecular flexibility index (Phi) is 3.61. The van der Waals surface area contributed by atoms with E-state index < -0.39 is 0 Å². The van der Waals surface area contributed by atoms with Gasteiger partial charge in [-0.2, -0.15) is 0 Å². The first-order valence-corrected chi connectivity index (χ1v) is 7.01. The van der Waals surface area contributed by atoms with Crippen LogP contribution in [0.3, 0.4) is 0 Å². The fourth-order valence-corrected chi connectivity index (χ4v) is 2.48. The van der Waals surface area contributed by atoms with Crippen molar-refractivity contribution >= 4 is 6.03 Å². The number of aryl methyl sites for hydroxylation is 1. The van der Waals surface area contributed by atoms with Crippen molar-refractivity contribution in [3.05, 3.63) is 23.0 Å². The van der Waals surface area contributed by atoms with E-state index in [1.807, 2.05) is 20.8 Å². The Morgan fingerprint density at radius 1 is 1.37 bits per heavy atom. The van der Waals surface area contributed by atoms with Crippen LogP contribution >= 0.6 is 0 Å². The first-order chi connectivity index (χ1) is 8.78. The van der Waals surface area contributed by atoms with Crippen molar-refractivity contribution < 1.29 is 4.79 Å². The normalized spacial score (nSPS) is 15.4. The monoisotopic (exact) mass is 263 g/mol. The minimum Gasteiger partial charge on any atom is -0.346 e. The van der Waals surface area contributed by atoms with Crippen LogP contribution in [0.15, 0.2) is 6.07 Å². The molecule has 19 heavy (non-hydrogen) atoms. The number of rotatable bonds is 3. The van der Waals surface area contributed by atoms with E-state index in [0.29, 0.717) is 12.6 Å². The van der Waals surface area contributed by atoms with E-state index in [4.69, 9.17) is 0 Å². The molecular formula is C15H25N3O. The standard InChI is InChI=1S/C15H25N3O/c1-10-8-12(11(2)18(10)13-6-7-13)9-16-14(19)17-15(3,4)5/h8,13H,6-7,9H2,1-5H3,(H2,16,17,19). The van der Waals surface area contributed by atoms with Crippen LogP contribution in [0.4, 0.5) is 4.79 Å². The quantitative estimate of drug-likeness (QED) is 0.865. The van der Waals surface area contributed by atoms with Crippen molar-refractivity contribution in [3.63, 3.8) is 0 Å². The van der Waals surface area contributed by atoms with E-state index in [2.05, 4.69) is 35.1 Å². The van der Waals surface area contributed by atoms with E-state index in [1.54, 1.807) is 0 Å². The largest absolute Gasteiger partial charge is 0.346 e. The molecule has 1 aliphatic rings. The molecule has 0 bridgehead atoms. The molecule has 0 unspecified atom stereocenters. The zero-order chi connectivity index (χ0) is 14.2. The highest BCUT2D eigenvalue weighted by atomic mass is 16.2. The van der Waals surface area contributed by atoms with Crippen LogP contribution in [-0.4, -0.2) is 16.1 Å². The van der Waals surface area contributed by atoms with Gasteiger partial charge in [0.2, 0.25) is 0 Å². The Morgan fingerprint density at radius 3 is 2.53 bits per heavy atom. The Hall–Kier alpha value is -1.45. The van der Waals surface area contributed by atoms with Gasteiger partial charge in [-0.25, -0.2) is 4.79 Å². The van der Waals surface area contributed by atoms with Crippen LogP contribution in [-0.2, 0) is 6.54 Å². The maximum atomic E-state index is 11.8. The van der Waals surface area contributed by atoms with Gasteiger partial charge in [-0.05, 0) is 59.1 Å². The molecule has 1 aromatic heterocycles. The van der Waals surface area contributed by atoms with Crippen molar-refractivity contribution in [1.29, 1.82) is 0 Å². The zero-order valence-corrected chi connectivity index (χ0v) is 12.6. The lowest BCUT2D eigenvalue weighted by Gasteiger charge is -2.20. The van der Waals surface area contributed by atoms with E-state index in [-0.39, 0.29) is 11.6 Å². The molecule has 0 aliphatic heterocycles. The second-order valence-electron chi connectivity index (χ2n) is 6.56. The molecule has 0 aromatic carbocycles. The highest BCUT2D eigenvalue weighted by Gasteiger charge is 2.26. The van der Waals surface area contributed by atoms with Gasteiger partial charge in [0.25, 0.3) is 0 Å². The van der Waals surface area contributed by atoms with Crippen molar-refractivity contribution in [2.24, 2.45) is 0 Å². The minimum atomic E-state index is -0.199. The first-order valence-electron chi connectivity index (χ1n) is 7.01. The Balaban J connectivity index is 1.96. The van der Waals surface area contributed by atoms with Crippen molar-refractivity contribution in [2.75, 3.05) is 0 Å². The predicted octanol–water partition coefficient (Wildman–Crippen LogP) is 3.04. The van der Waals surface area contributed by atoms with Crippen molar-refractivity contribution in [3.8, 4) is 0 Å². The average Bonchev–Trinajstić information content (AvgIpc) is 3.02. The molecule has 1 fully saturated rings. The van der Waals surface area contributed by atoms with Crippen LogP contribution in [0, 0.1) is 13.8 Å². The van der Waals surface area contributed by atoms with Gasteiger partial charge in [0.1, 0.15) is 0 Å². The minimum absolute atomic E-state index is 0.108. The molecule has 0 radical (unpaired) electrons. The smallest absolute Gasteiger partial charge is 0.315 e. The van der Waals surface area contributed by atoms with Crippen molar-refractivity contribution in [2.45, 2.75) is 65.6 Å². The second kappa shape index (κ2) is 4.91. The summed E-state index contributed by atoms with van der Waals surface area (Å²) in [6, 6.07) is 2.77. The summed E-state index contributed by atoms with van der Waals surface area (Å²) >= 11 is 0. The molecule has 1 heterocycles. The first kappa shape index (κ1) is 14.0. The third-order valence-electron chi connectivity index (χ3n) is 3.43. The summed E-state index contributed by atoms with van der Waals surface area (Å²) in [5, 5.41) is 5.84. The number of urea groups is 1. The van der Waals surface area contributed by atoms with E-state index in [0.717, 1.165) is 0 Å². The molecular weight excluding hydrogens is 238 g/mol. The SMILES string of the molecule is Cc1cc(CNC(=O)NC(C)(C)C)c(C)n1C1CC1. The van der Waals surface area contributed by atoms with Crippen LogP contribution in [0.5, 0.6) is 0 Å². The number of carbonyl (C=O) groups is 1. The summed E-state index contributed by atoms with van der Waals surface area (Å²) in [6.45, 7) is 10.8. The highest BCUT2D eigenvalue weighted by Crippen LogP contribution is 2.38. The molecule has 0 saturated heterocycles. The molecule has 2 amide bonds. The maximum absolute atomic E-state index is 11.8. The van der Waals surface area contributed by atoms with Gasteiger partial charge in [-0.1, -0.05) is 0 Å². The zero-order valence-electron chi connectivity index (χ0n) is 12.6. The molecule has 4 nitrogen and oxygen atoms in total. The third kappa shape index (κ3) is 3.52. The summed E-state index contributed by atoms with van der Waals surface area (Å²) < 4.78 is 2.40. The van der Waals surface area contributed by atoms with Gasteiger partial charge in [-0.15, -0.1) is 0 Å². The summed E-state index contributed by atoms with van der Waals surface area (Å²) in [7, 11) is 0. The number of amides is 2. The lowest BCUT2D eigenvalue weighted by Crippen LogP contribution is -2.46. The second-order valence-corrected chi connectivity index (χ2v) is 6.56. The van der Waals surface area contributed by atoms with Crippen LogP contribution in [0.1, 0.15) is 56.6 Å². The number of hydrogen-bond donors (Lipinski definition) is 2. The lowest BCUT2D eigenvalue weighted by molar-refractivity contribution is 0.231. The van der Waals surface area contributed by atoms with Crippen LogP contribution in [0.25, 0.3) is 0 Å². The van der Waals surface area contributed by atoms with Gasteiger partial charge in [0, 0.05) is 29.5 Å². The number of hydrogen-bond acceptors (Lipinski definition) is 1. The fourth-order valence-electron chi connectivity index (χ4n) is 2.48. The molecule has 0 atom stereocenters. The highest BCUT2D eigenvalue weighted by molar-refractivity contribution is 5.74. The van der Waals surface area contributed by atoms with Crippen LogP contribution < -0.4 is 10.6 Å². The number of nitrogens with zero attached hydrogens (tertiary/aromatic N) is 1. The molecule has 2 rings (SSSR count). The lowest BCUT2D eigenvalue weighted by atomic mass is 10.1. The van der Waals surface area contributed by atoms with Crippen molar-refractivity contribution in [1.82, 2.24) is 15.2 Å². The molecule has 2 N–H and O–H groups in total.